The van der Waals surface area contributed by atoms with Crippen LogP contribution in [0.4, 0.5) is 4.79 Å². The number of amides is 3. The minimum absolute atomic E-state index is 0.125. The summed E-state index contributed by atoms with van der Waals surface area (Å²) in [7, 11) is 1.47. The normalized spacial score (nSPS) is 11.7. The smallest absolute Gasteiger partial charge is 0.339 e. The van der Waals surface area contributed by atoms with Gasteiger partial charge in [-0.15, -0.1) is 0 Å². The van der Waals surface area contributed by atoms with Crippen molar-refractivity contribution in [2.45, 2.75) is 46.8 Å². The molecule has 1 rings (SSSR count). The third kappa shape index (κ3) is 7.55. The van der Waals surface area contributed by atoms with E-state index < -0.39 is 24.0 Å². The number of carbonyl (C=O) groups excluding carboxylic acids is 3. The lowest BCUT2D eigenvalue weighted by molar-refractivity contribution is -0.127. The van der Waals surface area contributed by atoms with Gasteiger partial charge in [-0.05, 0) is 44.9 Å². The predicted molar refractivity (Wildman–Crippen MR) is 100 cm³/mol. The van der Waals surface area contributed by atoms with Crippen LogP contribution >= 0.6 is 0 Å². The first-order chi connectivity index (χ1) is 12.6. The summed E-state index contributed by atoms with van der Waals surface area (Å²) in [4.78, 5) is 35.7. The summed E-state index contributed by atoms with van der Waals surface area (Å²) in [6.45, 7) is 9.45. The molecule has 0 radical (unpaired) electrons. The molecule has 0 unspecified atom stereocenters. The van der Waals surface area contributed by atoms with Gasteiger partial charge in [-0.25, -0.2) is 9.59 Å². The van der Waals surface area contributed by atoms with Gasteiger partial charge in [0, 0.05) is 6.04 Å². The zero-order valence-corrected chi connectivity index (χ0v) is 16.6. The van der Waals surface area contributed by atoms with Crippen LogP contribution in [0.25, 0.3) is 0 Å². The van der Waals surface area contributed by atoms with Gasteiger partial charge in [-0.1, -0.05) is 13.8 Å². The van der Waals surface area contributed by atoms with Crippen LogP contribution in [0.5, 0.6) is 11.5 Å². The number of carbonyl (C=O) groups is 3. The highest BCUT2D eigenvalue weighted by Crippen LogP contribution is 2.28. The van der Waals surface area contributed by atoms with Crippen LogP contribution in [0.15, 0.2) is 18.2 Å². The maximum Gasteiger partial charge on any atom is 0.339 e. The first-order valence-corrected chi connectivity index (χ1v) is 8.77. The minimum atomic E-state index is -1.14. The summed E-state index contributed by atoms with van der Waals surface area (Å²) < 4.78 is 16.0. The fraction of sp³-hybridized carbons (Fsp3) is 0.526. The van der Waals surface area contributed by atoms with E-state index in [1.54, 1.807) is 19.9 Å². The molecule has 0 aliphatic carbocycles. The van der Waals surface area contributed by atoms with E-state index >= 15 is 0 Å². The molecular weight excluding hydrogens is 352 g/mol. The zero-order valence-electron chi connectivity index (χ0n) is 16.6. The van der Waals surface area contributed by atoms with E-state index in [1.807, 2.05) is 13.8 Å². The van der Waals surface area contributed by atoms with E-state index in [-0.39, 0.29) is 11.6 Å². The highest BCUT2D eigenvalue weighted by molar-refractivity contribution is 5.98. The number of ether oxygens (including phenoxy) is 3. The van der Waals surface area contributed by atoms with Gasteiger partial charge in [0.1, 0.15) is 0 Å². The number of urea groups is 1. The summed E-state index contributed by atoms with van der Waals surface area (Å²) in [6.07, 6.45) is -1.14. The summed E-state index contributed by atoms with van der Waals surface area (Å²) >= 11 is 0. The van der Waals surface area contributed by atoms with E-state index in [9.17, 15) is 14.4 Å². The fourth-order valence-electron chi connectivity index (χ4n) is 1.96. The van der Waals surface area contributed by atoms with E-state index in [2.05, 4.69) is 10.6 Å². The van der Waals surface area contributed by atoms with Gasteiger partial charge in [0.15, 0.2) is 17.6 Å². The molecule has 0 spiro atoms. The number of imide groups is 1. The average Bonchev–Trinajstić information content (AvgIpc) is 2.58. The van der Waals surface area contributed by atoms with Crippen LogP contribution in [0.1, 0.15) is 45.0 Å². The molecule has 0 aromatic heterocycles. The molecule has 0 saturated carbocycles. The molecular formula is C19H28N2O6. The molecule has 0 bridgehead atoms. The van der Waals surface area contributed by atoms with Crippen LogP contribution in [-0.4, -0.2) is 43.8 Å². The van der Waals surface area contributed by atoms with Crippen molar-refractivity contribution in [1.29, 1.82) is 0 Å². The molecule has 0 fully saturated rings. The van der Waals surface area contributed by atoms with Gasteiger partial charge in [0.2, 0.25) is 0 Å². The minimum Gasteiger partial charge on any atom is -0.493 e. The first-order valence-electron chi connectivity index (χ1n) is 8.77. The van der Waals surface area contributed by atoms with Crippen molar-refractivity contribution < 1.29 is 28.6 Å². The third-order valence-corrected chi connectivity index (χ3v) is 3.28. The Labute approximate surface area is 159 Å². The highest BCUT2D eigenvalue weighted by atomic mass is 16.5. The van der Waals surface area contributed by atoms with Crippen molar-refractivity contribution in [3.05, 3.63) is 23.8 Å². The van der Waals surface area contributed by atoms with Crippen molar-refractivity contribution in [3.8, 4) is 11.5 Å². The quantitative estimate of drug-likeness (QED) is 0.672. The van der Waals surface area contributed by atoms with Gasteiger partial charge in [-0.2, -0.15) is 0 Å². The molecule has 1 aromatic carbocycles. The molecule has 8 heteroatoms. The summed E-state index contributed by atoms with van der Waals surface area (Å²) in [5.74, 6) is -0.190. The molecule has 27 heavy (non-hydrogen) atoms. The SMILES string of the molecule is COc1cc(C(=O)O[C@@H](C)C(=O)NC(=O)NC(C)C)ccc1OCC(C)C. The van der Waals surface area contributed by atoms with Gasteiger partial charge in [0.25, 0.3) is 5.91 Å². The molecule has 0 saturated heterocycles. The topological polar surface area (TPSA) is 103 Å². The van der Waals surface area contributed by atoms with Crippen LogP contribution in [-0.2, 0) is 9.53 Å². The summed E-state index contributed by atoms with van der Waals surface area (Å²) in [5.41, 5.74) is 0.204. The largest absolute Gasteiger partial charge is 0.493 e. The van der Waals surface area contributed by atoms with Gasteiger partial charge < -0.3 is 19.5 Å². The standard InChI is InChI=1S/C19H28N2O6/c1-11(2)10-26-15-8-7-14(9-16(15)25-6)18(23)27-13(5)17(22)21-19(24)20-12(3)4/h7-9,11-13H,10H2,1-6H3,(H2,20,21,22,24)/t13-/m0/s1. The third-order valence-electron chi connectivity index (χ3n) is 3.28. The molecule has 0 heterocycles. The number of hydrogen-bond donors (Lipinski definition) is 2. The Morgan fingerprint density at radius 1 is 1.04 bits per heavy atom. The predicted octanol–water partition coefficient (Wildman–Crippen LogP) is 2.51. The molecule has 0 aliphatic rings. The van der Waals surface area contributed by atoms with Gasteiger partial charge in [0.05, 0.1) is 19.3 Å². The van der Waals surface area contributed by atoms with Gasteiger partial charge >= 0.3 is 12.0 Å². The van der Waals surface area contributed by atoms with Crippen molar-refractivity contribution >= 4 is 17.9 Å². The number of hydrogen-bond acceptors (Lipinski definition) is 6. The Morgan fingerprint density at radius 3 is 2.26 bits per heavy atom. The molecule has 1 aromatic rings. The van der Waals surface area contributed by atoms with E-state index in [1.165, 1.54) is 26.2 Å². The second-order valence-corrected chi connectivity index (χ2v) is 6.74. The number of nitrogens with one attached hydrogen (secondary N) is 2. The maximum atomic E-state index is 12.3. The molecule has 150 valence electrons. The fourth-order valence-corrected chi connectivity index (χ4v) is 1.96. The summed E-state index contributed by atoms with van der Waals surface area (Å²) in [5, 5.41) is 4.63. The van der Waals surface area contributed by atoms with Crippen LogP contribution < -0.4 is 20.1 Å². The lowest BCUT2D eigenvalue weighted by Crippen LogP contribution is -2.46. The Kier molecular flexibility index (Phi) is 8.58. The molecule has 8 nitrogen and oxygen atoms in total. The second-order valence-electron chi connectivity index (χ2n) is 6.74. The van der Waals surface area contributed by atoms with Crippen molar-refractivity contribution in [2.75, 3.05) is 13.7 Å². The van der Waals surface area contributed by atoms with E-state index in [0.717, 1.165) is 0 Å². The lowest BCUT2D eigenvalue weighted by atomic mass is 10.2. The Bertz CT molecular complexity index is 672. The highest BCUT2D eigenvalue weighted by Gasteiger charge is 2.22. The van der Waals surface area contributed by atoms with Crippen LogP contribution in [0.2, 0.25) is 0 Å². The number of esters is 1. The molecule has 1 atom stereocenters. The Hall–Kier alpha value is -2.77. The zero-order chi connectivity index (χ0) is 20.6. The summed E-state index contributed by atoms with van der Waals surface area (Å²) in [6, 6.07) is 3.84. The Morgan fingerprint density at radius 2 is 1.70 bits per heavy atom. The maximum absolute atomic E-state index is 12.3. The van der Waals surface area contributed by atoms with Crippen molar-refractivity contribution in [1.82, 2.24) is 10.6 Å². The Balaban J connectivity index is 2.72. The molecule has 3 amide bonds. The average molecular weight is 380 g/mol. The monoisotopic (exact) mass is 380 g/mol. The number of benzene rings is 1. The number of methoxy groups -OCH3 is 1. The molecule has 0 aliphatic heterocycles. The second kappa shape index (κ2) is 10.4. The lowest BCUT2D eigenvalue weighted by Gasteiger charge is -2.16. The molecule has 2 N–H and O–H groups in total. The number of rotatable bonds is 8. The van der Waals surface area contributed by atoms with Crippen molar-refractivity contribution in [2.24, 2.45) is 5.92 Å². The van der Waals surface area contributed by atoms with E-state index in [0.29, 0.717) is 24.0 Å². The first kappa shape index (κ1) is 22.3. The van der Waals surface area contributed by atoms with Crippen molar-refractivity contribution in [3.63, 3.8) is 0 Å². The van der Waals surface area contributed by atoms with E-state index in [4.69, 9.17) is 14.2 Å². The van der Waals surface area contributed by atoms with Crippen LogP contribution in [0.3, 0.4) is 0 Å². The van der Waals surface area contributed by atoms with Gasteiger partial charge in [-0.3, -0.25) is 10.1 Å². The van der Waals surface area contributed by atoms with Crippen LogP contribution in [0, 0.1) is 5.92 Å².